The summed E-state index contributed by atoms with van der Waals surface area (Å²) in [5.74, 6) is 0. The molecule has 0 aliphatic rings. The predicted molar refractivity (Wildman–Crippen MR) is 77.5 cm³/mol. The molecule has 1 N–H and O–H groups in total. The average Bonchev–Trinajstić information content (AvgIpc) is 2.34. The van der Waals surface area contributed by atoms with Crippen LogP contribution < -0.4 is 5.32 Å². The molecule has 1 aromatic carbocycles. The van der Waals surface area contributed by atoms with Crippen molar-refractivity contribution in [2.45, 2.75) is 20.4 Å². The molecule has 1 aromatic heterocycles. The van der Waals surface area contributed by atoms with Gasteiger partial charge in [0.05, 0.1) is 10.7 Å². The fourth-order valence-corrected chi connectivity index (χ4v) is 2.03. The zero-order valence-corrected chi connectivity index (χ0v) is 11.8. The molecule has 0 amide bonds. The summed E-state index contributed by atoms with van der Waals surface area (Å²) in [6.07, 6.45) is 1.85. The molecule has 0 aliphatic heterocycles. The predicted octanol–water partition coefficient (Wildman–Crippen LogP) is 4.62. The Bertz CT molecular complexity index is 550. The highest BCUT2D eigenvalue weighted by molar-refractivity contribution is 6.35. The first-order valence-electron chi connectivity index (χ1n) is 5.67. The molecule has 1 heterocycles. The Morgan fingerprint density at radius 2 is 1.89 bits per heavy atom. The van der Waals surface area contributed by atoms with Crippen LogP contribution in [0.2, 0.25) is 10.0 Å². The van der Waals surface area contributed by atoms with Crippen molar-refractivity contribution >= 4 is 28.9 Å². The highest BCUT2D eigenvalue weighted by Gasteiger charge is 2.04. The van der Waals surface area contributed by atoms with Crippen LogP contribution in [0, 0.1) is 13.8 Å². The van der Waals surface area contributed by atoms with E-state index in [1.165, 1.54) is 0 Å². The Morgan fingerprint density at radius 1 is 1.11 bits per heavy atom. The molecule has 0 radical (unpaired) electrons. The average molecular weight is 281 g/mol. The van der Waals surface area contributed by atoms with Crippen LogP contribution in [0.15, 0.2) is 30.5 Å². The third-order valence-corrected chi connectivity index (χ3v) is 3.42. The van der Waals surface area contributed by atoms with Crippen LogP contribution in [0.25, 0.3) is 0 Å². The fourth-order valence-electron chi connectivity index (χ4n) is 1.58. The lowest BCUT2D eigenvalue weighted by Gasteiger charge is -2.10. The smallest absolute Gasteiger partial charge is 0.0641 e. The standard InChI is InChI=1S/C14H14Cl2N2/c1-9-5-13(16)14(6-12(9)15)18-8-11-4-3-10(2)17-7-11/h3-7,18H,8H2,1-2H3. The number of halogens is 2. The van der Waals surface area contributed by atoms with E-state index in [1.54, 1.807) is 0 Å². The van der Waals surface area contributed by atoms with Crippen LogP contribution in [-0.2, 0) is 6.54 Å². The van der Waals surface area contributed by atoms with Gasteiger partial charge in [0.15, 0.2) is 0 Å². The van der Waals surface area contributed by atoms with Gasteiger partial charge < -0.3 is 5.32 Å². The van der Waals surface area contributed by atoms with Crippen molar-refractivity contribution in [3.05, 3.63) is 57.3 Å². The minimum Gasteiger partial charge on any atom is -0.380 e. The molecular formula is C14H14Cl2N2. The number of anilines is 1. The molecule has 0 fully saturated rings. The Hall–Kier alpha value is -1.25. The molecule has 0 atom stereocenters. The molecule has 2 aromatic rings. The maximum absolute atomic E-state index is 6.16. The van der Waals surface area contributed by atoms with Crippen molar-refractivity contribution < 1.29 is 0 Å². The molecule has 0 spiro atoms. The summed E-state index contributed by atoms with van der Waals surface area (Å²) in [6.45, 7) is 4.57. The highest BCUT2D eigenvalue weighted by atomic mass is 35.5. The summed E-state index contributed by atoms with van der Waals surface area (Å²) in [7, 11) is 0. The van der Waals surface area contributed by atoms with Gasteiger partial charge in [-0.25, -0.2) is 0 Å². The number of rotatable bonds is 3. The summed E-state index contributed by atoms with van der Waals surface area (Å²) in [5, 5.41) is 4.65. The summed E-state index contributed by atoms with van der Waals surface area (Å²) in [5.41, 5.74) is 3.93. The number of aryl methyl sites for hydroxylation is 2. The van der Waals surface area contributed by atoms with Gasteiger partial charge in [0.1, 0.15) is 0 Å². The molecular weight excluding hydrogens is 267 g/mol. The molecule has 0 saturated carbocycles. The summed E-state index contributed by atoms with van der Waals surface area (Å²) in [4.78, 5) is 4.25. The number of hydrogen-bond donors (Lipinski definition) is 1. The number of benzene rings is 1. The zero-order chi connectivity index (χ0) is 13.1. The number of pyridine rings is 1. The largest absolute Gasteiger partial charge is 0.380 e. The molecule has 2 nitrogen and oxygen atoms in total. The summed E-state index contributed by atoms with van der Waals surface area (Å²) in [6, 6.07) is 7.74. The van der Waals surface area contributed by atoms with E-state index < -0.39 is 0 Å². The van der Waals surface area contributed by atoms with E-state index >= 15 is 0 Å². The molecule has 2 rings (SSSR count). The van der Waals surface area contributed by atoms with Gasteiger partial charge in [-0.2, -0.15) is 0 Å². The maximum atomic E-state index is 6.16. The minimum atomic E-state index is 0.673. The number of aromatic nitrogens is 1. The third kappa shape index (κ3) is 3.15. The lowest BCUT2D eigenvalue weighted by Crippen LogP contribution is -2.01. The number of nitrogens with zero attached hydrogens (tertiary/aromatic N) is 1. The van der Waals surface area contributed by atoms with Crippen LogP contribution in [0.5, 0.6) is 0 Å². The minimum absolute atomic E-state index is 0.673. The number of hydrogen-bond acceptors (Lipinski definition) is 2. The lowest BCUT2D eigenvalue weighted by atomic mass is 10.2. The summed E-state index contributed by atoms with van der Waals surface area (Å²) < 4.78 is 0. The van der Waals surface area contributed by atoms with Gasteiger partial charge in [-0.05, 0) is 43.2 Å². The highest BCUT2D eigenvalue weighted by Crippen LogP contribution is 2.29. The van der Waals surface area contributed by atoms with E-state index in [4.69, 9.17) is 23.2 Å². The van der Waals surface area contributed by atoms with Gasteiger partial charge in [-0.3, -0.25) is 4.98 Å². The van der Waals surface area contributed by atoms with Gasteiger partial charge in [-0.15, -0.1) is 0 Å². The number of nitrogens with one attached hydrogen (secondary N) is 1. The Balaban J connectivity index is 2.10. The normalized spacial score (nSPS) is 10.4. The van der Waals surface area contributed by atoms with Crippen molar-refractivity contribution in [1.82, 2.24) is 4.98 Å². The van der Waals surface area contributed by atoms with Gasteiger partial charge in [0, 0.05) is 23.5 Å². The second-order valence-corrected chi connectivity index (χ2v) is 5.06. The zero-order valence-electron chi connectivity index (χ0n) is 10.3. The van der Waals surface area contributed by atoms with E-state index in [0.29, 0.717) is 16.6 Å². The van der Waals surface area contributed by atoms with E-state index in [1.807, 2.05) is 44.3 Å². The van der Waals surface area contributed by atoms with Crippen molar-refractivity contribution in [1.29, 1.82) is 0 Å². The molecule has 0 unspecified atom stereocenters. The molecule has 18 heavy (non-hydrogen) atoms. The molecule has 0 aliphatic carbocycles. The van der Waals surface area contributed by atoms with Crippen molar-refractivity contribution in [3.63, 3.8) is 0 Å². The van der Waals surface area contributed by atoms with Crippen LogP contribution >= 0.6 is 23.2 Å². The van der Waals surface area contributed by atoms with Crippen LogP contribution in [0.3, 0.4) is 0 Å². The topological polar surface area (TPSA) is 24.9 Å². The lowest BCUT2D eigenvalue weighted by molar-refractivity contribution is 1.08. The van der Waals surface area contributed by atoms with E-state index in [9.17, 15) is 0 Å². The quantitative estimate of drug-likeness (QED) is 0.888. The summed E-state index contributed by atoms with van der Waals surface area (Å²) >= 11 is 12.2. The Kier molecular flexibility index (Phi) is 4.10. The fraction of sp³-hybridized carbons (Fsp3) is 0.214. The van der Waals surface area contributed by atoms with E-state index in [2.05, 4.69) is 10.3 Å². The van der Waals surface area contributed by atoms with E-state index in [-0.39, 0.29) is 0 Å². The van der Waals surface area contributed by atoms with Crippen molar-refractivity contribution in [2.24, 2.45) is 0 Å². The maximum Gasteiger partial charge on any atom is 0.0641 e. The van der Waals surface area contributed by atoms with Crippen LogP contribution in [-0.4, -0.2) is 4.98 Å². The monoisotopic (exact) mass is 280 g/mol. The second kappa shape index (κ2) is 5.59. The first kappa shape index (κ1) is 13.2. The van der Waals surface area contributed by atoms with Crippen molar-refractivity contribution in [3.8, 4) is 0 Å². The first-order chi connectivity index (χ1) is 8.56. The Morgan fingerprint density at radius 3 is 2.56 bits per heavy atom. The van der Waals surface area contributed by atoms with Crippen LogP contribution in [0.4, 0.5) is 5.69 Å². The first-order valence-corrected chi connectivity index (χ1v) is 6.43. The Labute approximate surface area is 117 Å². The molecule has 94 valence electrons. The van der Waals surface area contributed by atoms with Gasteiger partial charge in [0.25, 0.3) is 0 Å². The van der Waals surface area contributed by atoms with Crippen molar-refractivity contribution in [2.75, 3.05) is 5.32 Å². The van der Waals surface area contributed by atoms with E-state index in [0.717, 1.165) is 22.5 Å². The van der Waals surface area contributed by atoms with Gasteiger partial charge in [-0.1, -0.05) is 29.3 Å². The van der Waals surface area contributed by atoms with Gasteiger partial charge in [0.2, 0.25) is 0 Å². The second-order valence-electron chi connectivity index (χ2n) is 4.24. The SMILES string of the molecule is Cc1ccc(CNc2cc(Cl)c(C)cc2Cl)cn1. The van der Waals surface area contributed by atoms with Gasteiger partial charge >= 0.3 is 0 Å². The molecule has 0 bridgehead atoms. The third-order valence-electron chi connectivity index (χ3n) is 2.70. The van der Waals surface area contributed by atoms with Crippen LogP contribution in [0.1, 0.15) is 16.8 Å². The molecule has 4 heteroatoms. The molecule has 0 saturated heterocycles.